The van der Waals surface area contributed by atoms with E-state index in [1.54, 1.807) is 32.4 Å². The molecule has 0 aliphatic carbocycles. The molecule has 1 amide bonds. The Morgan fingerprint density at radius 1 is 1.27 bits per heavy atom. The normalized spacial score (nSPS) is 16.9. The van der Waals surface area contributed by atoms with Crippen molar-refractivity contribution in [2.45, 2.75) is 13.0 Å². The summed E-state index contributed by atoms with van der Waals surface area (Å²) in [6.45, 7) is 3.18. The number of benzene rings is 1. The topological polar surface area (TPSA) is 90.4 Å². The highest BCUT2D eigenvalue weighted by Crippen LogP contribution is 2.24. The number of hydrogen-bond donors (Lipinski definition) is 0. The molecule has 30 heavy (non-hydrogen) atoms. The predicted molar refractivity (Wildman–Crippen MR) is 109 cm³/mol. The molecule has 152 valence electrons. The van der Waals surface area contributed by atoms with Crippen LogP contribution in [0.2, 0.25) is 5.02 Å². The molecule has 1 aliphatic rings. The van der Waals surface area contributed by atoms with Crippen LogP contribution in [0, 0.1) is 6.92 Å². The highest BCUT2D eigenvalue weighted by molar-refractivity contribution is 6.32. The van der Waals surface area contributed by atoms with Crippen LogP contribution < -0.4 is 0 Å². The second-order valence-corrected chi connectivity index (χ2v) is 7.41. The minimum absolute atomic E-state index is 0.158. The summed E-state index contributed by atoms with van der Waals surface area (Å²) >= 11 is 6.24. The Kier molecular flexibility index (Phi) is 4.68. The maximum absolute atomic E-state index is 13.1. The minimum atomic E-state index is -0.334. The van der Waals surface area contributed by atoms with Crippen LogP contribution >= 0.6 is 11.6 Å². The lowest BCUT2D eigenvalue weighted by atomic mass is 10.1. The van der Waals surface area contributed by atoms with Crippen molar-refractivity contribution in [2.24, 2.45) is 0 Å². The molecule has 0 N–H and O–H groups in total. The van der Waals surface area contributed by atoms with Gasteiger partial charge < -0.3 is 9.64 Å². The molecule has 0 radical (unpaired) electrons. The fourth-order valence-electron chi connectivity index (χ4n) is 3.57. The number of aryl methyl sites for hydroxylation is 1. The van der Waals surface area contributed by atoms with Gasteiger partial charge >= 0.3 is 0 Å². The SMILES string of the molecule is Cc1cc(C2CN(C(=O)c3ccn(-c4ccccc4Cl)n3)CCO2)n2ncnc2n1. The number of aromatic nitrogens is 6. The lowest BCUT2D eigenvalue weighted by Crippen LogP contribution is -2.43. The standard InChI is InChI=1S/C20H18ClN7O2/c1-13-10-17(28-20(24-13)22-12-23-28)18-11-26(8-9-30-18)19(29)15-6-7-27(25-15)16-5-3-2-4-14(16)21/h2-7,10,12,18H,8-9,11H2,1H3. The van der Waals surface area contributed by atoms with Gasteiger partial charge in [-0.15, -0.1) is 0 Å². The third-order valence-electron chi connectivity index (χ3n) is 5.00. The van der Waals surface area contributed by atoms with Crippen molar-refractivity contribution in [3.63, 3.8) is 0 Å². The molecule has 1 atom stereocenters. The number of amides is 1. The van der Waals surface area contributed by atoms with E-state index < -0.39 is 0 Å². The van der Waals surface area contributed by atoms with E-state index in [1.165, 1.54) is 6.33 Å². The third kappa shape index (κ3) is 3.31. The van der Waals surface area contributed by atoms with E-state index in [4.69, 9.17) is 16.3 Å². The molecule has 1 saturated heterocycles. The number of carbonyl (C=O) groups excluding carboxylic acids is 1. The summed E-state index contributed by atoms with van der Waals surface area (Å²) in [5, 5.41) is 9.24. The largest absolute Gasteiger partial charge is 0.368 e. The van der Waals surface area contributed by atoms with Crippen LogP contribution in [-0.4, -0.2) is 59.9 Å². The summed E-state index contributed by atoms with van der Waals surface area (Å²) in [6.07, 6.45) is 2.86. The van der Waals surface area contributed by atoms with Crippen molar-refractivity contribution in [1.29, 1.82) is 0 Å². The zero-order valence-electron chi connectivity index (χ0n) is 16.1. The first kappa shape index (κ1) is 18.7. The van der Waals surface area contributed by atoms with Crippen LogP contribution in [0.5, 0.6) is 0 Å². The Labute approximate surface area is 176 Å². The Morgan fingerprint density at radius 3 is 3.00 bits per heavy atom. The number of morpholine rings is 1. The molecule has 1 aromatic carbocycles. The first-order valence-corrected chi connectivity index (χ1v) is 9.86. The summed E-state index contributed by atoms with van der Waals surface area (Å²) in [5.74, 6) is 0.352. The van der Waals surface area contributed by atoms with Crippen molar-refractivity contribution in [3.8, 4) is 5.69 Å². The Balaban J connectivity index is 1.39. The second-order valence-electron chi connectivity index (χ2n) is 7.00. The predicted octanol–water partition coefficient (Wildman–Crippen LogP) is 2.49. The van der Waals surface area contributed by atoms with Gasteiger partial charge in [0.05, 0.1) is 29.6 Å². The number of ether oxygens (including phenoxy) is 1. The van der Waals surface area contributed by atoms with Gasteiger partial charge in [0.2, 0.25) is 0 Å². The van der Waals surface area contributed by atoms with E-state index in [9.17, 15) is 4.79 Å². The van der Waals surface area contributed by atoms with Gasteiger partial charge in [-0.3, -0.25) is 4.79 Å². The van der Waals surface area contributed by atoms with Gasteiger partial charge in [-0.25, -0.2) is 9.67 Å². The van der Waals surface area contributed by atoms with Crippen molar-refractivity contribution < 1.29 is 9.53 Å². The number of carbonyl (C=O) groups is 1. The summed E-state index contributed by atoms with van der Waals surface area (Å²) < 4.78 is 9.21. The summed E-state index contributed by atoms with van der Waals surface area (Å²) in [7, 11) is 0. The summed E-state index contributed by atoms with van der Waals surface area (Å²) in [5.41, 5.74) is 2.71. The van der Waals surface area contributed by atoms with Gasteiger partial charge in [0.15, 0.2) is 5.69 Å². The Morgan fingerprint density at radius 2 is 2.13 bits per heavy atom. The third-order valence-corrected chi connectivity index (χ3v) is 5.32. The van der Waals surface area contributed by atoms with E-state index in [1.807, 2.05) is 31.2 Å². The highest BCUT2D eigenvalue weighted by atomic mass is 35.5. The Bertz CT molecular complexity index is 1230. The van der Waals surface area contributed by atoms with E-state index in [-0.39, 0.29) is 12.0 Å². The monoisotopic (exact) mass is 423 g/mol. The molecule has 5 rings (SSSR count). The van der Waals surface area contributed by atoms with E-state index in [0.717, 1.165) is 17.1 Å². The van der Waals surface area contributed by atoms with Crippen LogP contribution in [0.1, 0.15) is 28.0 Å². The van der Waals surface area contributed by atoms with Crippen LogP contribution in [-0.2, 0) is 4.74 Å². The van der Waals surface area contributed by atoms with Crippen molar-refractivity contribution in [3.05, 3.63) is 71.0 Å². The number of nitrogens with zero attached hydrogens (tertiary/aromatic N) is 7. The number of hydrogen-bond acceptors (Lipinski definition) is 6. The second kappa shape index (κ2) is 7.51. The molecule has 0 spiro atoms. The van der Waals surface area contributed by atoms with Gasteiger partial charge in [0, 0.05) is 18.4 Å². The van der Waals surface area contributed by atoms with Crippen LogP contribution in [0.15, 0.2) is 48.9 Å². The fourth-order valence-corrected chi connectivity index (χ4v) is 3.79. The van der Waals surface area contributed by atoms with Gasteiger partial charge in [-0.2, -0.15) is 19.7 Å². The zero-order chi connectivity index (χ0) is 20.7. The van der Waals surface area contributed by atoms with Crippen LogP contribution in [0.4, 0.5) is 0 Å². The van der Waals surface area contributed by atoms with Crippen molar-refractivity contribution in [1.82, 2.24) is 34.3 Å². The van der Waals surface area contributed by atoms with Crippen LogP contribution in [0.3, 0.4) is 0 Å². The summed E-state index contributed by atoms with van der Waals surface area (Å²) in [6, 6.07) is 11.0. The number of para-hydroxylation sites is 1. The van der Waals surface area contributed by atoms with Crippen LogP contribution in [0.25, 0.3) is 11.5 Å². The maximum atomic E-state index is 13.1. The van der Waals surface area contributed by atoms with E-state index in [0.29, 0.717) is 36.2 Å². The lowest BCUT2D eigenvalue weighted by molar-refractivity contribution is -0.0259. The molecule has 4 heterocycles. The van der Waals surface area contributed by atoms with Crippen molar-refractivity contribution >= 4 is 23.3 Å². The molecule has 10 heteroatoms. The molecule has 1 aliphatic heterocycles. The average Bonchev–Trinajstić information content (AvgIpc) is 3.43. The first-order chi connectivity index (χ1) is 14.6. The number of rotatable bonds is 3. The molecule has 0 bridgehead atoms. The van der Waals surface area contributed by atoms with E-state index >= 15 is 0 Å². The number of fused-ring (bicyclic) bond motifs is 1. The molecular weight excluding hydrogens is 406 g/mol. The van der Waals surface area contributed by atoms with Gasteiger partial charge in [0.25, 0.3) is 11.7 Å². The van der Waals surface area contributed by atoms with Crippen molar-refractivity contribution in [2.75, 3.05) is 19.7 Å². The lowest BCUT2D eigenvalue weighted by Gasteiger charge is -2.32. The quantitative estimate of drug-likeness (QED) is 0.503. The number of halogens is 1. The average molecular weight is 424 g/mol. The Hall–Kier alpha value is -3.30. The zero-order valence-corrected chi connectivity index (χ0v) is 16.9. The fraction of sp³-hybridized carbons (Fsp3) is 0.250. The minimum Gasteiger partial charge on any atom is -0.368 e. The molecule has 0 saturated carbocycles. The molecule has 9 nitrogen and oxygen atoms in total. The maximum Gasteiger partial charge on any atom is 0.274 e. The molecule has 1 fully saturated rings. The molecular formula is C20H18ClN7O2. The smallest absolute Gasteiger partial charge is 0.274 e. The van der Waals surface area contributed by atoms with Gasteiger partial charge in [0.1, 0.15) is 12.4 Å². The first-order valence-electron chi connectivity index (χ1n) is 9.49. The molecule has 3 aromatic heterocycles. The van der Waals surface area contributed by atoms with E-state index in [2.05, 4.69) is 20.2 Å². The molecule has 4 aromatic rings. The van der Waals surface area contributed by atoms with Gasteiger partial charge in [-0.1, -0.05) is 23.7 Å². The molecule has 1 unspecified atom stereocenters. The van der Waals surface area contributed by atoms with Gasteiger partial charge in [-0.05, 0) is 31.2 Å². The summed E-state index contributed by atoms with van der Waals surface area (Å²) in [4.78, 5) is 23.4. The highest BCUT2D eigenvalue weighted by Gasteiger charge is 2.29.